The van der Waals surface area contributed by atoms with Crippen LogP contribution < -0.4 is 0 Å². The van der Waals surface area contributed by atoms with E-state index in [-0.39, 0.29) is 10.7 Å². The highest BCUT2D eigenvalue weighted by Crippen LogP contribution is 2.31. The van der Waals surface area contributed by atoms with E-state index in [2.05, 4.69) is 6.08 Å². The largest absolute Gasteiger partial charge is 0.281 e. The van der Waals surface area contributed by atoms with Gasteiger partial charge in [-0.2, -0.15) is 0 Å². The molecule has 1 aliphatic carbocycles. The third-order valence-electron chi connectivity index (χ3n) is 1.87. The van der Waals surface area contributed by atoms with Gasteiger partial charge in [0.2, 0.25) is 5.24 Å². The number of hydrogen-bond donors (Lipinski definition) is 0. The van der Waals surface area contributed by atoms with E-state index in [1.807, 2.05) is 25.2 Å². The lowest BCUT2D eigenvalue weighted by Crippen LogP contribution is -2.16. The van der Waals surface area contributed by atoms with Gasteiger partial charge in [-0.15, -0.1) is 0 Å². The Morgan fingerprint density at radius 2 is 2.36 bits per heavy atom. The monoisotopic (exact) mass is 170 g/mol. The SMILES string of the molecule is CC1(CC(=O)Cl)C=CC=CC1. The number of halogens is 1. The van der Waals surface area contributed by atoms with Crippen LogP contribution in [0.4, 0.5) is 0 Å². The van der Waals surface area contributed by atoms with Crippen LogP contribution in [0.1, 0.15) is 19.8 Å². The smallest absolute Gasteiger partial charge is 0.222 e. The minimum absolute atomic E-state index is 0.0480. The van der Waals surface area contributed by atoms with Gasteiger partial charge < -0.3 is 0 Å². The molecule has 0 spiro atoms. The Morgan fingerprint density at radius 1 is 1.64 bits per heavy atom. The van der Waals surface area contributed by atoms with E-state index in [0.717, 1.165) is 6.42 Å². The van der Waals surface area contributed by atoms with Crippen molar-refractivity contribution in [3.05, 3.63) is 24.3 Å². The van der Waals surface area contributed by atoms with Gasteiger partial charge in [-0.3, -0.25) is 4.79 Å². The molecule has 1 atom stereocenters. The molecule has 2 heteroatoms. The molecule has 60 valence electrons. The van der Waals surface area contributed by atoms with Crippen molar-refractivity contribution < 1.29 is 4.79 Å². The fourth-order valence-electron chi connectivity index (χ4n) is 1.22. The summed E-state index contributed by atoms with van der Waals surface area (Å²) in [5.41, 5.74) is -0.0480. The summed E-state index contributed by atoms with van der Waals surface area (Å²) in [5.74, 6) is 0. The predicted molar refractivity (Wildman–Crippen MR) is 46.5 cm³/mol. The summed E-state index contributed by atoms with van der Waals surface area (Å²) >= 11 is 5.30. The van der Waals surface area contributed by atoms with Gasteiger partial charge in [-0.25, -0.2) is 0 Å². The number of hydrogen-bond acceptors (Lipinski definition) is 1. The second kappa shape index (κ2) is 3.22. The highest BCUT2D eigenvalue weighted by atomic mass is 35.5. The van der Waals surface area contributed by atoms with Gasteiger partial charge in [0.05, 0.1) is 0 Å². The van der Waals surface area contributed by atoms with Gasteiger partial charge in [-0.1, -0.05) is 31.2 Å². The lowest BCUT2D eigenvalue weighted by molar-refractivity contribution is -0.113. The van der Waals surface area contributed by atoms with Crippen molar-refractivity contribution in [2.75, 3.05) is 0 Å². The second-order valence-electron chi connectivity index (χ2n) is 3.18. The molecule has 0 saturated carbocycles. The van der Waals surface area contributed by atoms with Crippen molar-refractivity contribution >= 4 is 16.8 Å². The van der Waals surface area contributed by atoms with E-state index < -0.39 is 0 Å². The maximum absolute atomic E-state index is 10.6. The first-order chi connectivity index (χ1) is 5.12. The van der Waals surface area contributed by atoms with Crippen LogP contribution in [0.5, 0.6) is 0 Å². The lowest BCUT2D eigenvalue weighted by atomic mass is 9.81. The maximum Gasteiger partial charge on any atom is 0.222 e. The minimum atomic E-state index is -0.257. The van der Waals surface area contributed by atoms with E-state index in [0.29, 0.717) is 6.42 Å². The summed E-state index contributed by atoms with van der Waals surface area (Å²) in [6, 6.07) is 0. The highest BCUT2D eigenvalue weighted by molar-refractivity contribution is 6.63. The number of rotatable bonds is 2. The van der Waals surface area contributed by atoms with Crippen LogP contribution in [-0.4, -0.2) is 5.24 Å². The highest BCUT2D eigenvalue weighted by Gasteiger charge is 2.23. The predicted octanol–water partition coefficient (Wildman–Crippen LogP) is 2.66. The molecule has 0 fully saturated rings. The fraction of sp³-hybridized carbons (Fsp3) is 0.444. The molecule has 0 amide bonds. The third-order valence-corrected chi connectivity index (χ3v) is 2.01. The molecular weight excluding hydrogens is 160 g/mol. The van der Waals surface area contributed by atoms with Crippen LogP contribution in [0.15, 0.2) is 24.3 Å². The van der Waals surface area contributed by atoms with Gasteiger partial charge in [-0.05, 0) is 23.4 Å². The molecule has 1 unspecified atom stereocenters. The Morgan fingerprint density at radius 3 is 2.82 bits per heavy atom. The number of allylic oxidation sites excluding steroid dienone is 4. The molecule has 1 nitrogen and oxygen atoms in total. The van der Waals surface area contributed by atoms with Crippen LogP contribution >= 0.6 is 11.6 Å². The minimum Gasteiger partial charge on any atom is -0.281 e. The van der Waals surface area contributed by atoms with Gasteiger partial charge in [0.1, 0.15) is 0 Å². The molecule has 0 aromatic rings. The Balaban J connectivity index is 2.61. The summed E-state index contributed by atoms with van der Waals surface area (Å²) in [7, 11) is 0. The molecule has 0 aromatic heterocycles. The third kappa shape index (κ3) is 2.51. The van der Waals surface area contributed by atoms with Crippen LogP contribution in [0, 0.1) is 5.41 Å². The zero-order chi connectivity index (χ0) is 8.32. The summed E-state index contributed by atoms with van der Waals surface area (Å²) in [5, 5.41) is -0.257. The normalized spacial score (nSPS) is 28.9. The van der Waals surface area contributed by atoms with E-state index in [1.54, 1.807) is 0 Å². The van der Waals surface area contributed by atoms with Crippen molar-refractivity contribution in [3.8, 4) is 0 Å². The van der Waals surface area contributed by atoms with Crippen molar-refractivity contribution in [3.63, 3.8) is 0 Å². The zero-order valence-electron chi connectivity index (χ0n) is 6.51. The van der Waals surface area contributed by atoms with Crippen LogP contribution in [-0.2, 0) is 4.79 Å². The average Bonchev–Trinajstić information content (AvgIpc) is 1.85. The second-order valence-corrected chi connectivity index (χ2v) is 3.60. The number of carbonyl (C=O) groups excluding carboxylic acids is 1. The van der Waals surface area contributed by atoms with Crippen molar-refractivity contribution in [2.45, 2.75) is 19.8 Å². The van der Waals surface area contributed by atoms with Gasteiger partial charge in [0, 0.05) is 6.42 Å². The van der Waals surface area contributed by atoms with Crippen molar-refractivity contribution in [2.24, 2.45) is 5.41 Å². The van der Waals surface area contributed by atoms with Crippen molar-refractivity contribution in [1.29, 1.82) is 0 Å². The molecular formula is C9H11ClO. The van der Waals surface area contributed by atoms with E-state index in [1.165, 1.54) is 0 Å². The van der Waals surface area contributed by atoms with Gasteiger partial charge >= 0.3 is 0 Å². The molecule has 1 rings (SSSR count). The number of carbonyl (C=O) groups is 1. The molecule has 1 aliphatic rings. The van der Waals surface area contributed by atoms with E-state index >= 15 is 0 Å². The van der Waals surface area contributed by atoms with E-state index in [9.17, 15) is 4.79 Å². The van der Waals surface area contributed by atoms with E-state index in [4.69, 9.17) is 11.6 Å². The first-order valence-corrected chi connectivity index (χ1v) is 4.03. The summed E-state index contributed by atoms with van der Waals surface area (Å²) in [4.78, 5) is 10.6. The molecule has 0 saturated heterocycles. The average molecular weight is 171 g/mol. The Bertz CT molecular complexity index is 218. The van der Waals surface area contributed by atoms with Crippen LogP contribution in [0.3, 0.4) is 0 Å². The maximum atomic E-state index is 10.6. The Hall–Kier alpha value is -0.560. The molecule has 11 heavy (non-hydrogen) atoms. The zero-order valence-corrected chi connectivity index (χ0v) is 7.27. The van der Waals surface area contributed by atoms with Crippen LogP contribution in [0.25, 0.3) is 0 Å². The molecule has 0 heterocycles. The first kappa shape index (κ1) is 8.54. The molecule has 0 aliphatic heterocycles. The Kier molecular flexibility index (Phi) is 2.50. The van der Waals surface area contributed by atoms with Gasteiger partial charge in [0.25, 0.3) is 0 Å². The standard InChI is InChI=1S/C9H11ClO/c1-9(7-8(10)11)5-3-2-4-6-9/h2-5H,6-7H2,1H3. The molecule has 0 radical (unpaired) electrons. The quantitative estimate of drug-likeness (QED) is 0.583. The molecule has 0 bridgehead atoms. The fourth-order valence-corrected chi connectivity index (χ4v) is 1.53. The lowest BCUT2D eigenvalue weighted by Gasteiger charge is -2.23. The van der Waals surface area contributed by atoms with Gasteiger partial charge in [0.15, 0.2) is 0 Å². The molecule has 0 aromatic carbocycles. The van der Waals surface area contributed by atoms with Crippen molar-refractivity contribution in [1.82, 2.24) is 0 Å². The Labute approximate surface area is 71.7 Å². The first-order valence-electron chi connectivity index (χ1n) is 3.65. The summed E-state index contributed by atoms with van der Waals surface area (Å²) in [6.45, 7) is 2.04. The molecule has 0 N–H and O–H groups in total. The van der Waals surface area contributed by atoms with Crippen LogP contribution in [0.2, 0.25) is 0 Å². The topological polar surface area (TPSA) is 17.1 Å². The summed E-state index contributed by atoms with van der Waals surface area (Å²) < 4.78 is 0. The summed E-state index contributed by atoms with van der Waals surface area (Å²) in [6.07, 6.45) is 9.37.